The molecule has 3 heterocycles. The van der Waals surface area contributed by atoms with Gasteiger partial charge in [0.1, 0.15) is 11.6 Å². The van der Waals surface area contributed by atoms with Crippen molar-refractivity contribution in [2.24, 2.45) is 0 Å². The van der Waals surface area contributed by atoms with E-state index in [0.29, 0.717) is 37.3 Å². The minimum absolute atomic E-state index is 0.245. The third-order valence-corrected chi connectivity index (χ3v) is 4.85. The van der Waals surface area contributed by atoms with Crippen LogP contribution in [0.3, 0.4) is 0 Å². The van der Waals surface area contributed by atoms with Crippen molar-refractivity contribution in [1.82, 2.24) is 20.2 Å². The summed E-state index contributed by atoms with van der Waals surface area (Å²) in [6.45, 7) is 6.77. The summed E-state index contributed by atoms with van der Waals surface area (Å²) in [5.74, 6) is 2.54. The van der Waals surface area contributed by atoms with Gasteiger partial charge < -0.3 is 25.4 Å². The average molecular weight is 383 g/mol. The van der Waals surface area contributed by atoms with E-state index in [9.17, 15) is 0 Å². The van der Waals surface area contributed by atoms with Crippen molar-refractivity contribution in [3.05, 3.63) is 18.2 Å². The first kappa shape index (κ1) is 18.3. The molecule has 1 fully saturated rings. The fourth-order valence-corrected chi connectivity index (χ4v) is 3.47. The fraction of sp³-hybridized carbons (Fsp3) is 0.421. The molecule has 1 saturated heterocycles. The smallest absolute Gasteiger partial charge is 0.224 e. The highest BCUT2D eigenvalue weighted by Crippen LogP contribution is 2.35. The lowest BCUT2D eigenvalue weighted by atomic mass is 10.1. The molecule has 1 atom stereocenters. The van der Waals surface area contributed by atoms with E-state index in [0.717, 1.165) is 34.5 Å². The maximum Gasteiger partial charge on any atom is 0.224 e. The summed E-state index contributed by atoms with van der Waals surface area (Å²) in [5.41, 5.74) is 8.51. The second kappa shape index (κ2) is 7.51. The SMILES string of the molecule is CCOc1cc(-c2cc(N3CCOC[C@H]3C)nc(NC)n2)cc2[nH]nc(N)c12. The van der Waals surface area contributed by atoms with Gasteiger partial charge in [-0.25, -0.2) is 4.98 Å². The molecule has 0 amide bonds. The lowest BCUT2D eigenvalue weighted by Gasteiger charge is -2.34. The number of ether oxygens (including phenoxy) is 2. The van der Waals surface area contributed by atoms with Gasteiger partial charge in [-0.1, -0.05) is 0 Å². The second-order valence-electron chi connectivity index (χ2n) is 6.74. The number of anilines is 3. The van der Waals surface area contributed by atoms with Crippen LogP contribution in [-0.2, 0) is 4.74 Å². The van der Waals surface area contributed by atoms with E-state index in [1.165, 1.54) is 0 Å². The Hall–Kier alpha value is -3.07. The molecule has 1 aliphatic rings. The number of nitrogen functional groups attached to an aromatic ring is 1. The third kappa shape index (κ3) is 3.29. The Bertz CT molecular complexity index is 988. The molecule has 3 aromatic rings. The normalized spacial score (nSPS) is 17.1. The van der Waals surface area contributed by atoms with Gasteiger partial charge in [-0.05, 0) is 26.0 Å². The first-order chi connectivity index (χ1) is 13.6. The van der Waals surface area contributed by atoms with E-state index in [1.54, 1.807) is 0 Å². The molecule has 148 valence electrons. The largest absolute Gasteiger partial charge is 0.493 e. The van der Waals surface area contributed by atoms with Gasteiger partial charge in [0.2, 0.25) is 5.95 Å². The Labute approximate surface area is 163 Å². The van der Waals surface area contributed by atoms with Crippen LogP contribution in [0.2, 0.25) is 0 Å². The number of hydrogen-bond acceptors (Lipinski definition) is 8. The standard InChI is InChI=1S/C19H25N7O2/c1-4-28-15-8-12(7-14-17(15)18(20)25-24-14)13-9-16(23-19(21-3)22-13)26-5-6-27-10-11(26)2/h7-9,11H,4-6,10H2,1-3H3,(H3,20,24,25)(H,21,22,23)/t11-/m1/s1. The molecule has 2 aromatic heterocycles. The van der Waals surface area contributed by atoms with Gasteiger partial charge >= 0.3 is 0 Å². The Morgan fingerprint density at radius 2 is 2.21 bits per heavy atom. The highest BCUT2D eigenvalue weighted by Gasteiger charge is 2.22. The number of nitrogens with two attached hydrogens (primary N) is 1. The Morgan fingerprint density at radius 1 is 1.36 bits per heavy atom. The molecule has 0 radical (unpaired) electrons. The van der Waals surface area contributed by atoms with Crippen molar-refractivity contribution < 1.29 is 9.47 Å². The number of H-pyrrole nitrogens is 1. The van der Waals surface area contributed by atoms with Crippen molar-refractivity contribution >= 4 is 28.5 Å². The predicted octanol–water partition coefficient (Wildman–Crippen LogP) is 2.27. The van der Waals surface area contributed by atoms with Crippen molar-refractivity contribution in [1.29, 1.82) is 0 Å². The number of rotatable bonds is 5. The molecule has 0 aliphatic carbocycles. The molecule has 4 rings (SSSR count). The topological polar surface area (TPSA) is 114 Å². The second-order valence-corrected chi connectivity index (χ2v) is 6.74. The Balaban J connectivity index is 1.83. The number of aromatic nitrogens is 4. The molecule has 1 aromatic carbocycles. The minimum atomic E-state index is 0.245. The lowest BCUT2D eigenvalue weighted by molar-refractivity contribution is 0.0985. The maximum absolute atomic E-state index is 6.00. The first-order valence-electron chi connectivity index (χ1n) is 9.42. The summed E-state index contributed by atoms with van der Waals surface area (Å²) in [6.07, 6.45) is 0. The average Bonchev–Trinajstić information content (AvgIpc) is 3.09. The zero-order chi connectivity index (χ0) is 19.7. The van der Waals surface area contributed by atoms with Crippen molar-refractivity contribution in [3.8, 4) is 17.0 Å². The monoisotopic (exact) mass is 383 g/mol. The van der Waals surface area contributed by atoms with Crippen molar-refractivity contribution in [2.75, 3.05) is 49.4 Å². The van der Waals surface area contributed by atoms with Crippen LogP contribution in [0.15, 0.2) is 18.2 Å². The van der Waals surface area contributed by atoms with Crippen LogP contribution in [0.5, 0.6) is 5.75 Å². The molecule has 1 aliphatic heterocycles. The summed E-state index contributed by atoms with van der Waals surface area (Å²) >= 11 is 0. The lowest BCUT2D eigenvalue weighted by Crippen LogP contribution is -2.44. The van der Waals surface area contributed by atoms with Crippen LogP contribution in [0.4, 0.5) is 17.6 Å². The summed E-state index contributed by atoms with van der Waals surface area (Å²) in [6, 6.07) is 6.18. The number of benzene rings is 1. The number of fused-ring (bicyclic) bond motifs is 1. The minimum Gasteiger partial charge on any atom is -0.493 e. The van der Waals surface area contributed by atoms with Crippen LogP contribution < -0.4 is 20.7 Å². The quantitative estimate of drug-likeness (QED) is 0.615. The van der Waals surface area contributed by atoms with Crippen LogP contribution in [0, 0.1) is 0 Å². The zero-order valence-electron chi connectivity index (χ0n) is 16.3. The highest BCUT2D eigenvalue weighted by atomic mass is 16.5. The van der Waals surface area contributed by atoms with E-state index in [4.69, 9.17) is 15.2 Å². The highest BCUT2D eigenvalue weighted by molar-refractivity contribution is 5.97. The summed E-state index contributed by atoms with van der Waals surface area (Å²) in [4.78, 5) is 11.6. The van der Waals surface area contributed by atoms with Gasteiger partial charge in [-0.2, -0.15) is 10.1 Å². The number of aromatic amines is 1. The van der Waals surface area contributed by atoms with Crippen LogP contribution in [0.25, 0.3) is 22.2 Å². The molecule has 9 nitrogen and oxygen atoms in total. The van der Waals surface area contributed by atoms with Gasteiger partial charge in [-0.3, -0.25) is 5.10 Å². The van der Waals surface area contributed by atoms with Crippen LogP contribution in [-0.4, -0.2) is 59.6 Å². The van der Waals surface area contributed by atoms with Gasteiger partial charge in [-0.15, -0.1) is 0 Å². The number of hydrogen-bond donors (Lipinski definition) is 3. The van der Waals surface area contributed by atoms with Crippen molar-refractivity contribution in [3.63, 3.8) is 0 Å². The first-order valence-corrected chi connectivity index (χ1v) is 9.42. The summed E-state index contributed by atoms with van der Waals surface area (Å²) < 4.78 is 11.4. The van der Waals surface area contributed by atoms with Gasteiger partial charge in [0.15, 0.2) is 5.82 Å². The van der Waals surface area contributed by atoms with Gasteiger partial charge in [0.05, 0.1) is 42.5 Å². The van der Waals surface area contributed by atoms with E-state index in [1.807, 2.05) is 32.2 Å². The van der Waals surface area contributed by atoms with Gasteiger partial charge in [0.25, 0.3) is 0 Å². The Morgan fingerprint density at radius 3 is 2.96 bits per heavy atom. The molecule has 0 spiro atoms. The van der Waals surface area contributed by atoms with Crippen LogP contribution >= 0.6 is 0 Å². The third-order valence-electron chi connectivity index (χ3n) is 4.85. The summed E-state index contributed by atoms with van der Waals surface area (Å²) in [5, 5.41) is 10.9. The van der Waals surface area contributed by atoms with Crippen LogP contribution in [0.1, 0.15) is 13.8 Å². The fourth-order valence-electron chi connectivity index (χ4n) is 3.47. The van der Waals surface area contributed by atoms with E-state index in [2.05, 4.69) is 37.3 Å². The van der Waals surface area contributed by atoms with E-state index < -0.39 is 0 Å². The molecular weight excluding hydrogens is 358 g/mol. The number of nitrogens with one attached hydrogen (secondary N) is 2. The predicted molar refractivity (Wildman–Crippen MR) is 110 cm³/mol. The van der Waals surface area contributed by atoms with E-state index in [-0.39, 0.29) is 6.04 Å². The maximum atomic E-state index is 6.00. The molecule has 0 unspecified atom stereocenters. The zero-order valence-corrected chi connectivity index (χ0v) is 16.3. The number of morpholine rings is 1. The summed E-state index contributed by atoms with van der Waals surface area (Å²) in [7, 11) is 1.82. The molecular formula is C19H25N7O2. The molecule has 0 saturated carbocycles. The molecule has 9 heteroatoms. The van der Waals surface area contributed by atoms with Gasteiger partial charge in [0, 0.05) is 25.2 Å². The van der Waals surface area contributed by atoms with E-state index >= 15 is 0 Å². The molecule has 0 bridgehead atoms. The molecule has 28 heavy (non-hydrogen) atoms. The number of nitrogens with zero attached hydrogens (tertiary/aromatic N) is 4. The Kier molecular flexibility index (Phi) is 4.91. The molecule has 4 N–H and O–H groups in total. The van der Waals surface area contributed by atoms with Crippen molar-refractivity contribution in [2.45, 2.75) is 19.9 Å².